The summed E-state index contributed by atoms with van der Waals surface area (Å²) in [6.07, 6.45) is 0. The van der Waals surface area contributed by atoms with Crippen LogP contribution in [0.1, 0.15) is 16.7 Å². The molecule has 0 bridgehead atoms. The van der Waals surface area contributed by atoms with Gasteiger partial charge < -0.3 is 4.74 Å². The highest BCUT2D eigenvalue weighted by Gasteiger charge is 2.04. The summed E-state index contributed by atoms with van der Waals surface area (Å²) in [5.74, 6) is 0.921. The monoisotopic (exact) mass is 184 g/mol. The quantitative estimate of drug-likeness (QED) is 0.642. The lowest BCUT2D eigenvalue weighted by Crippen LogP contribution is -1.96. The van der Waals surface area contributed by atoms with Crippen molar-refractivity contribution in [1.82, 2.24) is 0 Å². The third-order valence-electron chi connectivity index (χ3n) is 2.07. The minimum absolute atomic E-state index is 0.213. The number of aryl methyl sites for hydroxylation is 2. The fourth-order valence-corrected chi connectivity index (χ4v) is 1.31. The summed E-state index contributed by atoms with van der Waals surface area (Å²) in [4.78, 5) is 0. The standard InChI is InChI=1S/C10H13ClO/c1-7-4-5-8(2)10(9(7)3)12-6-11/h4-5H,6H2,1-3H3. The van der Waals surface area contributed by atoms with Crippen LogP contribution in [0.2, 0.25) is 0 Å². The second-order valence-corrected chi connectivity index (χ2v) is 3.13. The summed E-state index contributed by atoms with van der Waals surface area (Å²) in [6, 6.07) is 4.35. The van der Waals surface area contributed by atoms with Crippen molar-refractivity contribution >= 4 is 11.6 Å². The van der Waals surface area contributed by atoms with Crippen molar-refractivity contribution in [3.8, 4) is 5.75 Å². The van der Waals surface area contributed by atoms with Gasteiger partial charge in [0, 0.05) is 0 Å². The second kappa shape index (κ2) is 3.81. The predicted octanol–water partition coefficient (Wildman–Crippen LogP) is 3.19. The Balaban J connectivity index is 3.14. The van der Waals surface area contributed by atoms with Gasteiger partial charge in [0.15, 0.2) is 6.07 Å². The van der Waals surface area contributed by atoms with E-state index in [1.54, 1.807) is 0 Å². The smallest absolute Gasteiger partial charge is 0.162 e. The van der Waals surface area contributed by atoms with Gasteiger partial charge in [0.1, 0.15) is 5.75 Å². The summed E-state index contributed by atoms with van der Waals surface area (Å²) in [5, 5.41) is 0. The molecule has 1 aromatic carbocycles. The molecule has 66 valence electrons. The summed E-state index contributed by atoms with van der Waals surface area (Å²) in [7, 11) is 0. The maximum Gasteiger partial charge on any atom is 0.162 e. The van der Waals surface area contributed by atoms with Gasteiger partial charge >= 0.3 is 0 Å². The topological polar surface area (TPSA) is 9.23 Å². The van der Waals surface area contributed by atoms with Gasteiger partial charge in [0.05, 0.1) is 0 Å². The van der Waals surface area contributed by atoms with Crippen molar-refractivity contribution in [2.75, 3.05) is 6.07 Å². The minimum atomic E-state index is 0.213. The first-order valence-electron chi connectivity index (χ1n) is 3.92. The molecule has 1 rings (SSSR count). The Morgan fingerprint density at radius 3 is 2.33 bits per heavy atom. The zero-order valence-corrected chi connectivity index (χ0v) is 8.40. The summed E-state index contributed by atoms with van der Waals surface area (Å²) < 4.78 is 5.31. The average Bonchev–Trinajstić information content (AvgIpc) is 2.06. The lowest BCUT2D eigenvalue weighted by Gasteiger charge is -2.11. The number of alkyl halides is 1. The van der Waals surface area contributed by atoms with Crippen LogP contribution in [-0.2, 0) is 0 Å². The van der Waals surface area contributed by atoms with E-state index in [1.807, 2.05) is 19.9 Å². The van der Waals surface area contributed by atoms with Crippen LogP contribution in [0, 0.1) is 20.8 Å². The normalized spacial score (nSPS) is 10.0. The highest BCUT2D eigenvalue weighted by atomic mass is 35.5. The molecule has 0 saturated carbocycles. The lowest BCUT2D eigenvalue weighted by atomic mass is 10.1. The molecule has 0 heterocycles. The average molecular weight is 185 g/mol. The summed E-state index contributed by atoms with van der Waals surface area (Å²) in [5.41, 5.74) is 3.55. The van der Waals surface area contributed by atoms with E-state index in [9.17, 15) is 0 Å². The van der Waals surface area contributed by atoms with E-state index in [2.05, 4.69) is 13.0 Å². The highest BCUT2D eigenvalue weighted by molar-refractivity contribution is 6.17. The van der Waals surface area contributed by atoms with E-state index in [4.69, 9.17) is 16.3 Å². The Labute approximate surface area is 78.3 Å². The highest BCUT2D eigenvalue weighted by Crippen LogP contribution is 2.25. The van der Waals surface area contributed by atoms with Crippen LogP contribution < -0.4 is 4.74 Å². The van der Waals surface area contributed by atoms with Crippen LogP contribution in [0.5, 0.6) is 5.75 Å². The SMILES string of the molecule is Cc1ccc(C)c(OCCl)c1C. The van der Waals surface area contributed by atoms with E-state index in [1.165, 1.54) is 11.1 Å². The van der Waals surface area contributed by atoms with Gasteiger partial charge in [-0.25, -0.2) is 0 Å². The molecule has 0 unspecified atom stereocenters. The number of rotatable bonds is 2. The Morgan fingerprint density at radius 2 is 1.75 bits per heavy atom. The van der Waals surface area contributed by atoms with E-state index < -0.39 is 0 Å². The first-order chi connectivity index (χ1) is 5.66. The van der Waals surface area contributed by atoms with Crippen molar-refractivity contribution in [1.29, 1.82) is 0 Å². The Hall–Kier alpha value is -0.690. The first-order valence-corrected chi connectivity index (χ1v) is 4.46. The lowest BCUT2D eigenvalue weighted by molar-refractivity contribution is 0.382. The maximum absolute atomic E-state index is 5.51. The number of benzene rings is 1. The molecule has 2 heteroatoms. The van der Waals surface area contributed by atoms with Gasteiger partial charge in [-0.1, -0.05) is 23.7 Å². The molecule has 1 aromatic rings. The molecular weight excluding hydrogens is 172 g/mol. The summed E-state index contributed by atoms with van der Waals surface area (Å²) >= 11 is 5.51. The van der Waals surface area contributed by atoms with Crippen LogP contribution >= 0.6 is 11.6 Å². The third-order valence-corrected chi connectivity index (χ3v) is 2.18. The first kappa shape index (κ1) is 9.40. The minimum Gasteiger partial charge on any atom is -0.477 e. The van der Waals surface area contributed by atoms with Crippen LogP contribution in [0.25, 0.3) is 0 Å². The van der Waals surface area contributed by atoms with Crippen molar-refractivity contribution in [3.05, 3.63) is 28.8 Å². The number of halogens is 1. The molecule has 0 aromatic heterocycles. The van der Waals surface area contributed by atoms with Gasteiger partial charge in [0.2, 0.25) is 0 Å². The van der Waals surface area contributed by atoms with Crippen LogP contribution in [0.3, 0.4) is 0 Å². The molecule has 0 aliphatic carbocycles. The number of hydrogen-bond acceptors (Lipinski definition) is 1. The van der Waals surface area contributed by atoms with E-state index >= 15 is 0 Å². The predicted molar refractivity (Wildman–Crippen MR) is 52.0 cm³/mol. The van der Waals surface area contributed by atoms with Gasteiger partial charge in [-0.15, -0.1) is 0 Å². The molecule has 12 heavy (non-hydrogen) atoms. The number of hydrogen-bond donors (Lipinski definition) is 0. The largest absolute Gasteiger partial charge is 0.477 e. The van der Waals surface area contributed by atoms with Crippen molar-refractivity contribution < 1.29 is 4.74 Å². The number of ether oxygens (including phenoxy) is 1. The molecule has 0 radical (unpaired) electrons. The van der Waals surface area contributed by atoms with E-state index in [0.717, 1.165) is 11.3 Å². The van der Waals surface area contributed by atoms with E-state index in [0.29, 0.717) is 0 Å². The Morgan fingerprint density at radius 1 is 1.17 bits per heavy atom. The van der Waals surface area contributed by atoms with Crippen LogP contribution in [0.4, 0.5) is 0 Å². The van der Waals surface area contributed by atoms with Gasteiger partial charge in [-0.05, 0) is 37.5 Å². The Kier molecular flexibility index (Phi) is 2.99. The molecule has 0 aliphatic rings. The molecule has 0 spiro atoms. The van der Waals surface area contributed by atoms with Gasteiger partial charge in [0.25, 0.3) is 0 Å². The maximum atomic E-state index is 5.51. The van der Waals surface area contributed by atoms with Gasteiger partial charge in [-0.3, -0.25) is 0 Å². The zero-order valence-electron chi connectivity index (χ0n) is 7.65. The molecule has 0 N–H and O–H groups in total. The second-order valence-electron chi connectivity index (χ2n) is 2.91. The van der Waals surface area contributed by atoms with Crippen LogP contribution in [0.15, 0.2) is 12.1 Å². The molecule has 0 aliphatic heterocycles. The van der Waals surface area contributed by atoms with Crippen molar-refractivity contribution in [2.24, 2.45) is 0 Å². The van der Waals surface area contributed by atoms with Crippen molar-refractivity contribution in [3.63, 3.8) is 0 Å². The fraction of sp³-hybridized carbons (Fsp3) is 0.400. The molecular formula is C10H13ClO. The Bertz CT molecular complexity index is 281. The molecule has 1 nitrogen and oxygen atoms in total. The fourth-order valence-electron chi connectivity index (χ4n) is 1.20. The van der Waals surface area contributed by atoms with Crippen molar-refractivity contribution in [2.45, 2.75) is 20.8 Å². The van der Waals surface area contributed by atoms with E-state index in [-0.39, 0.29) is 6.07 Å². The molecule has 0 amide bonds. The molecule has 0 fully saturated rings. The summed E-state index contributed by atoms with van der Waals surface area (Å²) in [6.45, 7) is 6.13. The molecule has 0 saturated heterocycles. The van der Waals surface area contributed by atoms with Crippen LogP contribution in [-0.4, -0.2) is 6.07 Å². The zero-order chi connectivity index (χ0) is 9.14. The third kappa shape index (κ3) is 1.72. The van der Waals surface area contributed by atoms with Gasteiger partial charge in [-0.2, -0.15) is 0 Å². The molecule has 0 atom stereocenters.